The van der Waals surface area contributed by atoms with Gasteiger partial charge in [0.05, 0.1) is 10.9 Å². The summed E-state index contributed by atoms with van der Waals surface area (Å²) in [6, 6.07) is -0.686. The van der Waals surface area contributed by atoms with Gasteiger partial charge >= 0.3 is 0 Å². The topological polar surface area (TPSA) is 98.2 Å². The predicted octanol–water partition coefficient (Wildman–Crippen LogP) is -0.465. The van der Waals surface area contributed by atoms with Crippen LogP contribution in [0.5, 0.6) is 0 Å². The van der Waals surface area contributed by atoms with E-state index in [-0.39, 0.29) is 16.8 Å². The van der Waals surface area contributed by atoms with Crippen molar-refractivity contribution >= 4 is 29.0 Å². The van der Waals surface area contributed by atoms with Crippen LogP contribution < -0.4 is 16.8 Å². The van der Waals surface area contributed by atoms with Gasteiger partial charge in [-0.2, -0.15) is 0 Å². The van der Waals surface area contributed by atoms with Crippen LogP contribution in [0.15, 0.2) is 0 Å². The van der Waals surface area contributed by atoms with Crippen LogP contribution in [-0.4, -0.2) is 22.8 Å². The van der Waals surface area contributed by atoms with Crippen molar-refractivity contribution in [1.82, 2.24) is 5.32 Å². The van der Waals surface area contributed by atoms with E-state index >= 15 is 0 Å². The van der Waals surface area contributed by atoms with Crippen molar-refractivity contribution in [3.63, 3.8) is 0 Å². The standard InChI is InChI=1S/C9H17N3O2S/c1-4(2)6(7(10)13)12-9(14)5(3)8(11)15/h4-6H,1-3H3,(H2,10,13)(H2,11,15)(H,12,14). The molecule has 0 aromatic heterocycles. The average Bonchev–Trinajstić information content (AvgIpc) is 2.11. The number of nitrogens with one attached hydrogen (secondary N) is 1. The molecule has 2 atom stereocenters. The Morgan fingerprint density at radius 2 is 1.67 bits per heavy atom. The number of carbonyl (C=O) groups is 2. The highest BCUT2D eigenvalue weighted by atomic mass is 32.1. The van der Waals surface area contributed by atoms with Crippen LogP contribution in [0.3, 0.4) is 0 Å². The van der Waals surface area contributed by atoms with E-state index in [2.05, 4.69) is 17.5 Å². The monoisotopic (exact) mass is 231 g/mol. The molecule has 0 fully saturated rings. The Labute approximate surface area is 94.6 Å². The van der Waals surface area contributed by atoms with Crippen LogP contribution >= 0.6 is 12.2 Å². The molecule has 0 aromatic carbocycles. The first-order chi connectivity index (χ1) is 6.77. The van der Waals surface area contributed by atoms with Crippen LogP contribution in [0, 0.1) is 11.8 Å². The van der Waals surface area contributed by atoms with E-state index < -0.39 is 17.9 Å². The third-order valence-electron chi connectivity index (χ3n) is 2.09. The quantitative estimate of drug-likeness (QED) is 0.557. The molecule has 2 amide bonds. The van der Waals surface area contributed by atoms with Crippen molar-refractivity contribution < 1.29 is 9.59 Å². The van der Waals surface area contributed by atoms with Crippen molar-refractivity contribution in [1.29, 1.82) is 0 Å². The molecule has 0 aliphatic rings. The maximum atomic E-state index is 11.5. The molecule has 0 saturated heterocycles. The van der Waals surface area contributed by atoms with Gasteiger partial charge in [-0.15, -0.1) is 0 Å². The van der Waals surface area contributed by atoms with Gasteiger partial charge in [0.25, 0.3) is 0 Å². The number of hydrogen-bond donors (Lipinski definition) is 3. The zero-order valence-electron chi connectivity index (χ0n) is 9.11. The lowest BCUT2D eigenvalue weighted by Gasteiger charge is -2.20. The molecule has 5 N–H and O–H groups in total. The first-order valence-electron chi connectivity index (χ1n) is 4.66. The molecule has 86 valence electrons. The average molecular weight is 231 g/mol. The van der Waals surface area contributed by atoms with Crippen LogP contribution in [0.1, 0.15) is 20.8 Å². The summed E-state index contributed by atoms with van der Waals surface area (Å²) in [6.07, 6.45) is 0. The highest BCUT2D eigenvalue weighted by Gasteiger charge is 2.24. The van der Waals surface area contributed by atoms with Gasteiger partial charge in [0.1, 0.15) is 6.04 Å². The molecule has 2 unspecified atom stereocenters. The van der Waals surface area contributed by atoms with E-state index in [1.807, 2.05) is 0 Å². The maximum Gasteiger partial charge on any atom is 0.240 e. The molecule has 0 aliphatic carbocycles. The summed E-state index contributed by atoms with van der Waals surface area (Å²) < 4.78 is 0. The Morgan fingerprint density at radius 3 is 1.93 bits per heavy atom. The zero-order valence-corrected chi connectivity index (χ0v) is 9.93. The lowest BCUT2D eigenvalue weighted by atomic mass is 10.0. The molecule has 0 rings (SSSR count). The number of amides is 2. The zero-order chi connectivity index (χ0) is 12.2. The lowest BCUT2D eigenvalue weighted by Crippen LogP contribution is -2.50. The summed E-state index contributed by atoms with van der Waals surface area (Å²) >= 11 is 4.68. The summed E-state index contributed by atoms with van der Waals surface area (Å²) in [7, 11) is 0. The van der Waals surface area contributed by atoms with Crippen molar-refractivity contribution in [3.05, 3.63) is 0 Å². The minimum Gasteiger partial charge on any atom is -0.393 e. The minimum atomic E-state index is -0.686. The van der Waals surface area contributed by atoms with Gasteiger partial charge < -0.3 is 16.8 Å². The van der Waals surface area contributed by atoms with Gasteiger partial charge in [-0.05, 0) is 12.8 Å². The molecule has 0 radical (unpaired) electrons. The van der Waals surface area contributed by atoms with E-state index in [0.29, 0.717) is 0 Å². The van der Waals surface area contributed by atoms with Gasteiger partial charge in [-0.1, -0.05) is 26.1 Å². The summed E-state index contributed by atoms with van der Waals surface area (Å²) in [4.78, 5) is 22.6. The summed E-state index contributed by atoms with van der Waals surface area (Å²) in [5.41, 5.74) is 10.5. The fourth-order valence-corrected chi connectivity index (χ4v) is 1.08. The molecule has 0 aliphatic heterocycles. The fraction of sp³-hybridized carbons (Fsp3) is 0.667. The Kier molecular flexibility index (Phi) is 5.21. The number of carbonyl (C=O) groups excluding carboxylic acids is 2. The highest BCUT2D eigenvalue weighted by Crippen LogP contribution is 2.03. The number of hydrogen-bond acceptors (Lipinski definition) is 3. The second-order valence-electron chi connectivity index (χ2n) is 3.76. The largest absolute Gasteiger partial charge is 0.393 e. The second-order valence-corrected chi connectivity index (χ2v) is 4.23. The van der Waals surface area contributed by atoms with E-state index in [0.717, 1.165) is 0 Å². The van der Waals surface area contributed by atoms with E-state index in [4.69, 9.17) is 11.5 Å². The summed E-state index contributed by atoms with van der Waals surface area (Å²) in [5, 5.41) is 2.52. The lowest BCUT2D eigenvalue weighted by molar-refractivity contribution is -0.129. The molecular formula is C9H17N3O2S. The summed E-state index contributed by atoms with van der Waals surface area (Å²) in [5.74, 6) is -1.60. The second kappa shape index (κ2) is 5.65. The van der Waals surface area contributed by atoms with Gasteiger partial charge in [0.2, 0.25) is 11.8 Å². The smallest absolute Gasteiger partial charge is 0.240 e. The first-order valence-corrected chi connectivity index (χ1v) is 5.07. The summed E-state index contributed by atoms with van der Waals surface area (Å²) in [6.45, 7) is 5.17. The van der Waals surface area contributed by atoms with Crippen molar-refractivity contribution in [2.75, 3.05) is 0 Å². The maximum absolute atomic E-state index is 11.5. The molecule has 15 heavy (non-hydrogen) atoms. The third kappa shape index (κ3) is 4.24. The van der Waals surface area contributed by atoms with Gasteiger partial charge in [0.15, 0.2) is 0 Å². The normalized spacial score (nSPS) is 14.4. The predicted molar refractivity (Wildman–Crippen MR) is 61.9 cm³/mol. The van der Waals surface area contributed by atoms with Crippen LogP contribution in [0.2, 0.25) is 0 Å². The van der Waals surface area contributed by atoms with Crippen molar-refractivity contribution in [2.24, 2.45) is 23.3 Å². The molecule has 0 bridgehead atoms. The number of thiocarbonyl (C=S) groups is 1. The molecule has 6 heteroatoms. The van der Waals surface area contributed by atoms with Crippen LogP contribution in [0.4, 0.5) is 0 Å². The molecule has 0 saturated carbocycles. The molecular weight excluding hydrogens is 214 g/mol. The Hall–Kier alpha value is -1.17. The molecule has 0 spiro atoms. The van der Waals surface area contributed by atoms with E-state index in [9.17, 15) is 9.59 Å². The SMILES string of the molecule is CC(C(=O)NC(C(N)=O)C(C)C)C(N)=S. The number of nitrogens with two attached hydrogens (primary N) is 2. The first kappa shape index (κ1) is 13.8. The minimum absolute atomic E-state index is 0.0648. The molecule has 0 aromatic rings. The van der Waals surface area contributed by atoms with Crippen molar-refractivity contribution in [2.45, 2.75) is 26.8 Å². The fourth-order valence-electron chi connectivity index (χ4n) is 0.974. The highest BCUT2D eigenvalue weighted by molar-refractivity contribution is 7.80. The van der Waals surface area contributed by atoms with Gasteiger partial charge in [-0.3, -0.25) is 9.59 Å². The van der Waals surface area contributed by atoms with Gasteiger partial charge in [0, 0.05) is 0 Å². The van der Waals surface area contributed by atoms with E-state index in [1.54, 1.807) is 20.8 Å². The van der Waals surface area contributed by atoms with Gasteiger partial charge in [-0.25, -0.2) is 0 Å². The van der Waals surface area contributed by atoms with Crippen molar-refractivity contribution in [3.8, 4) is 0 Å². The van der Waals surface area contributed by atoms with E-state index in [1.165, 1.54) is 0 Å². The Balaban J connectivity index is 4.49. The number of rotatable bonds is 5. The molecule has 5 nitrogen and oxygen atoms in total. The van der Waals surface area contributed by atoms with Crippen LogP contribution in [-0.2, 0) is 9.59 Å². The van der Waals surface area contributed by atoms with Crippen LogP contribution in [0.25, 0.3) is 0 Å². The number of primary amides is 1. The third-order valence-corrected chi connectivity index (χ3v) is 2.44. The Morgan fingerprint density at radius 1 is 1.20 bits per heavy atom. The molecule has 0 heterocycles. The Bertz CT molecular complexity index is 279.